The van der Waals surface area contributed by atoms with Gasteiger partial charge in [0.05, 0.1) is 53.4 Å². The Morgan fingerprint density at radius 2 is 0.648 bits per heavy atom. The van der Waals surface area contributed by atoms with Crippen LogP contribution in [0.1, 0.15) is 304 Å². The largest absolute Gasteiger partial charge is 0.481 e. The molecule has 0 heterocycles. The number of anilines is 9. The lowest BCUT2D eigenvalue weighted by Gasteiger charge is -2.31. The molecule has 0 aliphatic carbocycles. The number of carbonyl (C=O) groups excluding carboxylic acids is 9. The molecule has 812 valence electrons. The Balaban J connectivity index is 0.00000102. The van der Waals surface area contributed by atoms with Gasteiger partial charge in [-0.25, -0.2) is 18.9 Å². The zero-order chi connectivity index (χ0) is 108. The summed E-state index contributed by atoms with van der Waals surface area (Å²) in [6.45, 7) is 48.3. The van der Waals surface area contributed by atoms with E-state index in [-0.39, 0.29) is 113 Å². The molecule has 0 fully saturated rings. The van der Waals surface area contributed by atoms with Crippen LogP contribution in [0.15, 0.2) is 127 Å². The highest BCUT2D eigenvalue weighted by Crippen LogP contribution is 2.40. The fourth-order valence-electron chi connectivity index (χ4n) is 15.0. The number of phosphoric acid groups is 1. The smallest absolute Gasteiger partial charge is 0.470 e. The lowest BCUT2D eigenvalue weighted by atomic mass is 9.92. The van der Waals surface area contributed by atoms with Crippen molar-refractivity contribution in [3.63, 3.8) is 0 Å². The number of ether oxygens (including phenoxy) is 5. The van der Waals surface area contributed by atoms with Gasteiger partial charge in [0.15, 0.2) is 6.07 Å². The van der Waals surface area contributed by atoms with Gasteiger partial charge in [-0.3, -0.25) is 42.9 Å². The number of aryl methyl sites for hydroxylation is 3. The predicted octanol–water partition coefficient (Wildman–Crippen LogP) is 24.1. The summed E-state index contributed by atoms with van der Waals surface area (Å²) in [7, 11) is -4.78. The quantitative estimate of drug-likeness (QED) is 0.00421. The van der Waals surface area contributed by atoms with Gasteiger partial charge in [-0.05, 0) is 235 Å². The van der Waals surface area contributed by atoms with E-state index in [4.69, 9.17) is 61.0 Å². The van der Waals surface area contributed by atoms with Crippen molar-refractivity contribution in [1.82, 2.24) is 5.32 Å². The number of aliphatic carboxylic acids is 2. The first-order valence-electron chi connectivity index (χ1n) is 50.8. The number of carboxylic acid groups (broad SMARTS) is 2. The lowest BCUT2D eigenvalue weighted by molar-refractivity contribution is -0.169. The van der Waals surface area contributed by atoms with Crippen molar-refractivity contribution in [3.05, 3.63) is 161 Å². The van der Waals surface area contributed by atoms with E-state index >= 15 is 0 Å². The Labute approximate surface area is 874 Å². The Morgan fingerprint density at radius 1 is 0.372 bits per heavy atom. The van der Waals surface area contributed by atoms with Gasteiger partial charge in [-0.15, -0.1) is 0 Å². The number of carbonyl (C=O) groups is 11. The zero-order valence-corrected chi connectivity index (χ0v) is 92.4. The fraction of sp³-hybridized carbons (Fsp3) is 0.569. The minimum Gasteiger partial charge on any atom is -0.481 e. The number of alkyl halides is 1. The molecule has 0 spiro atoms. The lowest BCUT2D eigenvalue weighted by Crippen LogP contribution is -2.34. The van der Waals surface area contributed by atoms with Crippen molar-refractivity contribution in [2.45, 2.75) is 298 Å². The van der Waals surface area contributed by atoms with Gasteiger partial charge in [-0.2, -0.15) is 13.5 Å². The van der Waals surface area contributed by atoms with Crippen LogP contribution in [0.4, 0.5) is 65.6 Å². The second kappa shape index (κ2) is 74.0. The summed E-state index contributed by atoms with van der Waals surface area (Å²) in [5.41, 5.74) is 18.1. The number of halogens is 1. The number of rotatable bonds is 58. The first-order chi connectivity index (χ1) is 68.1. The summed E-state index contributed by atoms with van der Waals surface area (Å²) in [5.74, 6) is -2.21. The van der Waals surface area contributed by atoms with Crippen molar-refractivity contribution in [2.75, 3.05) is 119 Å². The van der Waals surface area contributed by atoms with E-state index in [1.165, 1.54) is 6.92 Å². The molecule has 0 saturated heterocycles. The van der Waals surface area contributed by atoms with Gasteiger partial charge in [0.1, 0.15) is 6.10 Å². The Hall–Kier alpha value is -11.0. The molecule has 0 bridgehead atoms. The molecule has 6 aromatic rings. The third kappa shape index (κ3) is 60.0. The van der Waals surface area contributed by atoms with E-state index in [1.54, 1.807) is 0 Å². The number of benzene rings is 6. The van der Waals surface area contributed by atoms with E-state index < -0.39 is 56.5 Å². The van der Waals surface area contributed by atoms with Crippen molar-refractivity contribution in [2.24, 2.45) is 41.2 Å². The standard InChI is InChI=1S/C36H55N4O10P.C34H51N3O5.C28H40ClN3O3.C6H12O2.C5H11NO2.H2S/c1-8-28(20-34(42)49-23-48-33(41)11-9-10-18-37-35(43)27(7)50-51(45,46)47)29-14-17-32(40(21-24(2)3)22-25(4)5)31(19-29)39-36(44)38-30-15-12-26(6)13-16-30;1-8-10-11-12-32(38)41-23-42-33(39)20-27(9-2)28-15-18-31(37(21-24(3)4)22-25(5)6)30(19-28)36-34(40)35-29-16-13-26(7)14-17-29;1-7-22(15-27(33)35-18-29)23-10-13-26(32(16-19(2)3)17-20(4)5)25(14-23)31-28(34)30-24-11-8-21(6)9-12-24;1-2-3-4-5-6(7)8;6-4-2-1-3-5(7)8;/h12-17,19,24-25,27-28H,8-11,18,20-23H2,1-7H3,(H,37,43)(H2,38,39,44)(H2,45,46,47);13-19,24-25,27H,8-12,20-23H2,1-7H3,(H2,35,36,40);8-14,19-20,22H,7,15-18H2,1-6H3,(H2,30,31,34);2-5H2,1H3,(H,7,8);1-4,6H2,(H,7,8);1H2/t27-,28-;27-;22-;;;/m000.../s1. The van der Waals surface area contributed by atoms with Crippen LogP contribution < -0.4 is 57.7 Å². The predicted molar refractivity (Wildman–Crippen MR) is 587 cm³/mol. The molecule has 4 atom stereocenters. The van der Waals surface area contributed by atoms with E-state index in [0.717, 1.165) is 152 Å². The summed E-state index contributed by atoms with van der Waals surface area (Å²) in [6, 6.07) is 39.7. The first kappa shape index (κ1) is 132. The number of hydrogen-bond donors (Lipinski definition) is 12. The number of nitrogens with one attached hydrogen (secondary N) is 7. The van der Waals surface area contributed by atoms with Gasteiger partial charge in [0.2, 0.25) is 19.5 Å². The maximum Gasteiger partial charge on any atom is 0.470 e. The molecule has 145 heavy (non-hydrogen) atoms. The van der Waals surface area contributed by atoms with Crippen LogP contribution in [-0.4, -0.2) is 164 Å². The van der Waals surface area contributed by atoms with E-state index in [1.807, 2.05) is 163 Å². The van der Waals surface area contributed by atoms with E-state index in [9.17, 15) is 57.3 Å². The highest BCUT2D eigenvalue weighted by atomic mass is 35.5. The van der Waals surface area contributed by atoms with Crippen LogP contribution in [0.25, 0.3) is 0 Å². The first-order valence-corrected chi connectivity index (χ1v) is 52.8. The average Bonchev–Trinajstić information content (AvgIpc) is 0.817. The summed E-state index contributed by atoms with van der Waals surface area (Å²) < 4.78 is 40.6. The topological polar surface area (TPSA) is 461 Å². The maximum atomic E-state index is 13.2. The Morgan fingerprint density at radius 3 is 0.910 bits per heavy atom. The highest BCUT2D eigenvalue weighted by Gasteiger charge is 2.28. The van der Waals surface area contributed by atoms with Crippen LogP contribution in [0, 0.1) is 56.3 Å². The molecule has 6 rings (SSSR count). The zero-order valence-electron chi connectivity index (χ0n) is 89.7. The number of carboxylic acids is 2. The molecule has 6 aromatic carbocycles. The molecule has 36 heteroatoms. The monoisotopic (exact) mass is 2080 g/mol. The van der Waals surface area contributed by atoms with Crippen molar-refractivity contribution in [3.8, 4) is 0 Å². The number of nitrogens with zero attached hydrogens (tertiary/aromatic N) is 3. The number of esters is 5. The third-order valence-electron chi connectivity index (χ3n) is 22.1. The summed E-state index contributed by atoms with van der Waals surface area (Å²) >= 11 is 5.56. The van der Waals surface area contributed by atoms with Crippen LogP contribution in [0.2, 0.25) is 0 Å². The summed E-state index contributed by atoms with van der Waals surface area (Å²) in [6.07, 6.45) is 10.0. The normalized spacial score (nSPS) is 11.7. The maximum absolute atomic E-state index is 13.2. The molecule has 0 aliphatic heterocycles. The van der Waals surface area contributed by atoms with Crippen LogP contribution in [0.3, 0.4) is 0 Å². The van der Waals surface area contributed by atoms with Crippen LogP contribution >= 0.6 is 32.9 Å². The van der Waals surface area contributed by atoms with Gasteiger partial charge in [0.25, 0.3) is 0 Å². The number of unbranched alkanes of at least 4 members (excludes halogenated alkanes) is 6. The number of hydrogen-bond acceptors (Lipinski definition) is 22. The minimum atomic E-state index is -4.78. The molecule has 0 aromatic heterocycles. The van der Waals surface area contributed by atoms with Gasteiger partial charge < -0.3 is 101 Å². The Kier molecular flexibility index (Phi) is 67.3. The molecule has 7 amide bonds. The molecule has 0 unspecified atom stereocenters. The molecular formula is C109H171ClN11O22PS. The van der Waals surface area contributed by atoms with Gasteiger partial charge >= 0.3 is 67.7 Å². The molecule has 13 N–H and O–H groups in total. The van der Waals surface area contributed by atoms with Crippen molar-refractivity contribution >= 4 is 150 Å². The van der Waals surface area contributed by atoms with Crippen LogP contribution in [-0.2, 0) is 71.1 Å². The van der Waals surface area contributed by atoms with E-state index in [2.05, 4.69) is 159 Å². The number of phosphoric ester groups is 1. The fourth-order valence-corrected chi connectivity index (χ4v) is 15.7. The molecular weight excluding hydrogens is 1910 g/mol. The molecule has 0 saturated carbocycles. The summed E-state index contributed by atoms with van der Waals surface area (Å²) in [5, 5.41) is 36.6. The molecule has 33 nitrogen and oxygen atoms in total. The SMILES string of the molecule is CCCCCC(=O)O.CCCCCC(=O)OCOC(=O)C[C@H](CC)c1ccc(N(CC(C)C)CC(C)C)c(NC(=O)Nc2ccc(C)cc2)c1.CC[C@@H](CC(=O)OCCl)c1ccc(N(CC(C)C)CC(C)C)c(NC(=O)Nc2ccc(C)cc2)c1.CC[C@@H](CC(=O)OCOC(=O)CCCCNC(=O)[C@H](C)OP(=O)(O)O)c1ccc(N(CC(C)C)CC(C)C)c(NC(=O)Nc2ccc(C)cc2)c1.NCCCCC(=O)O.S. The summed E-state index contributed by atoms with van der Waals surface area (Å²) in [4.78, 5) is 157. The second-order valence-corrected chi connectivity index (χ2v) is 39.9. The average molecular weight is 2090 g/mol. The molecule has 0 radical (unpaired) electrons. The third-order valence-corrected chi connectivity index (χ3v) is 22.8. The Bertz CT molecular complexity index is 4800. The van der Waals surface area contributed by atoms with Crippen molar-refractivity contribution < 1.29 is 106 Å². The second-order valence-electron chi connectivity index (χ2n) is 38.5. The number of urea groups is 3. The number of nitrogens with two attached hydrogens (primary N) is 1. The van der Waals surface area contributed by atoms with E-state index in [0.29, 0.717) is 110 Å². The highest BCUT2D eigenvalue weighted by molar-refractivity contribution is 7.59. The minimum absolute atomic E-state index is 0. The molecule has 0 aliphatic rings. The van der Waals surface area contributed by atoms with Gasteiger partial charge in [-0.1, -0.05) is 226 Å². The van der Waals surface area contributed by atoms with Gasteiger partial charge in [0, 0.05) is 88.6 Å². The van der Waals surface area contributed by atoms with Crippen LogP contribution in [0.5, 0.6) is 0 Å². The van der Waals surface area contributed by atoms with Crippen molar-refractivity contribution in [1.29, 1.82) is 0 Å². The number of amides is 7.